The van der Waals surface area contributed by atoms with E-state index in [1.165, 1.54) is 0 Å². The third-order valence-corrected chi connectivity index (χ3v) is 1.67. The SMILES string of the molecule is Cc1[nH]ncc1-c1n[nH]c(=S)o1. The molecule has 0 saturated carbocycles. The molecule has 0 amide bonds. The first-order valence-electron chi connectivity index (χ1n) is 3.33. The average molecular weight is 182 g/mol. The Morgan fingerprint density at radius 1 is 1.50 bits per heavy atom. The van der Waals surface area contributed by atoms with Crippen molar-refractivity contribution in [1.29, 1.82) is 0 Å². The second-order valence-corrected chi connectivity index (χ2v) is 2.70. The smallest absolute Gasteiger partial charge is 0.284 e. The summed E-state index contributed by atoms with van der Waals surface area (Å²) in [6.45, 7) is 1.88. The second-order valence-electron chi connectivity index (χ2n) is 2.33. The Morgan fingerprint density at radius 2 is 2.33 bits per heavy atom. The third-order valence-electron chi connectivity index (χ3n) is 1.50. The Labute approximate surface area is 72.8 Å². The van der Waals surface area contributed by atoms with Gasteiger partial charge in [-0.1, -0.05) is 0 Å². The van der Waals surface area contributed by atoms with Crippen molar-refractivity contribution in [3.63, 3.8) is 0 Å². The zero-order chi connectivity index (χ0) is 8.55. The molecular weight excluding hydrogens is 176 g/mol. The molecule has 2 heterocycles. The molecule has 0 spiro atoms. The van der Waals surface area contributed by atoms with Crippen LogP contribution in [0.3, 0.4) is 0 Å². The molecule has 0 fully saturated rings. The van der Waals surface area contributed by atoms with Crippen molar-refractivity contribution < 1.29 is 4.42 Å². The minimum absolute atomic E-state index is 0.269. The minimum Gasteiger partial charge on any atom is -0.409 e. The Morgan fingerprint density at radius 3 is 2.83 bits per heavy atom. The summed E-state index contributed by atoms with van der Waals surface area (Å²) in [4.78, 5) is 0.269. The van der Waals surface area contributed by atoms with Crippen LogP contribution in [0.2, 0.25) is 0 Å². The van der Waals surface area contributed by atoms with E-state index in [4.69, 9.17) is 16.6 Å². The van der Waals surface area contributed by atoms with Crippen LogP contribution in [-0.2, 0) is 0 Å². The highest BCUT2D eigenvalue weighted by atomic mass is 32.1. The van der Waals surface area contributed by atoms with Crippen molar-refractivity contribution in [3.05, 3.63) is 16.7 Å². The molecule has 5 nitrogen and oxygen atoms in total. The van der Waals surface area contributed by atoms with Gasteiger partial charge in [-0.3, -0.25) is 5.10 Å². The molecule has 0 aromatic carbocycles. The van der Waals surface area contributed by atoms with Gasteiger partial charge in [0.25, 0.3) is 4.84 Å². The minimum atomic E-state index is 0.269. The van der Waals surface area contributed by atoms with Gasteiger partial charge in [-0.2, -0.15) is 5.10 Å². The van der Waals surface area contributed by atoms with E-state index in [9.17, 15) is 0 Å². The molecule has 0 saturated heterocycles. The molecule has 12 heavy (non-hydrogen) atoms. The Balaban J connectivity index is 2.57. The summed E-state index contributed by atoms with van der Waals surface area (Å²) in [7, 11) is 0. The molecule has 2 aromatic heterocycles. The molecule has 2 aromatic rings. The number of H-pyrrole nitrogens is 2. The van der Waals surface area contributed by atoms with Crippen LogP contribution < -0.4 is 0 Å². The van der Waals surface area contributed by atoms with Gasteiger partial charge in [-0.25, -0.2) is 5.10 Å². The van der Waals surface area contributed by atoms with Crippen molar-refractivity contribution in [2.45, 2.75) is 6.92 Å². The lowest BCUT2D eigenvalue weighted by Gasteiger charge is -1.87. The molecule has 0 aliphatic carbocycles. The summed E-state index contributed by atoms with van der Waals surface area (Å²) in [6, 6.07) is 0. The highest BCUT2D eigenvalue weighted by molar-refractivity contribution is 7.71. The van der Waals surface area contributed by atoms with E-state index < -0.39 is 0 Å². The van der Waals surface area contributed by atoms with Crippen molar-refractivity contribution in [1.82, 2.24) is 20.4 Å². The summed E-state index contributed by atoms with van der Waals surface area (Å²) in [5, 5.41) is 13.0. The molecule has 0 atom stereocenters. The van der Waals surface area contributed by atoms with Gasteiger partial charge in [0, 0.05) is 5.69 Å². The molecule has 0 unspecified atom stereocenters. The topological polar surface area (TPSA) is 70.5 Å². The fourth-order valence-electron chi connectivity index (χ4n) is 0.911. The molecular formula is C6H6N4OS. The van der Waals surface area contributed by atoms with Crippen LogP contribution in [0.5, 0.6) is 0 Å². The van der Waals surface area contributed by atoms with Crippen LogP contribution in [0.1, 0.15) is 5.69 Å². The van der Waals surface area contributed by atoms with Gasteiger partial charge < -0.3 is 4.42 Å². The maximum Gasteiger partial charge on any atom is 0.284 e. The molecule has 0 radical (unpaired) electrons. The van der Waals surface area contributed by atoms with Gasteiger partial charge in [0.15, 0.2) is 0 Å². The van der Waals surface area contributed by atoms with E-state index in [0.29, 0.717) is 5.89 Å². The zero-order valence-electron chi connectivity index (χ0n) is 6.29. The Hall–Kier alpha value is -1.43. The highest BCUT2D eigenvalue weighted by Crippen LogP contribution is 2.17. The maximum atomic E-state index is 5.10. The first-order chi connectivity index (χ1) is 5.77. The van der Waals surface area contributed by atoms with Gasteiger partial charge >= 0.3 is 0 Å². The molecule has 6 heteroatoms. The summed E-state index contributed by atoms with van der Waals surface area (Å²) in [5.41, 5.74) is 1.72. The third kappa shape index (κ3) is 1.06. The van der Waals surface area contributed by atoms with Crippen LogP contribution in [0.15, 0.2) is 10.6 Å². The Bertz CT molecular complexity index is 440. The first-order valence-corrected chi connectivity index (χ1v) is 3.74. The van der Waals surface area contributed by atoms with E-state index in [-0.39, 0.29) is 4.84 Å². The summed E-state index contributed by atoms with van der Waals surface area (Å²) < 4.78 is 5.10. The van der Waals surface area contributed by atoms with E-state index in [1.54, 1.807) is 6.20 Å². The molecule has 2 rings (SSSR count). The molecule has 0 aliphatic heterocycles. The number of hydrogen-bond donors (Lipinski definition) is 2. The summed E-state index contributed by atoms with van der Waals surface area (Å²) >= 11 is 4.73. The van der Waals surface area contributed by atoms with Crippen molar-refractivity contribution >= 4 is 12.2 Å². The summed E-state index contributed by atoms with van der Waals surface area (Å²) in [5.74, 6) is 0.464. The molecule has 0 bridgehead atoms. The van der Waals surface area contributed by atoms with Gasteiger partial charge in [0.2, 0.25) is 5.89 Å². The predicted octanol–water partition coefficient (Wildman–Crippen LogP) is 1.43. The predicted molar refractivity (Wildman–Crippen MR) is 44.0 cm³/mol. The first kappa shape index (κ1) is 7.23. The number of nitrogens with zero attached hydrogens (tertiary/aromatic N) is 2. The van der Waals surface area contributed by atoms with Gasteiger partial charge in [0.1, 0.15) is 0 Å². The van der Waals surface area contributed by atoms with Gasteiger partial charge in [0.05, 0.1) is 11.8 Å². The van der Waals surface area contributed by atoms with E-state index in [1.807, 2.05) is 6.92 Å². The lowest BCUT2D eigenvalue weighted by molar-refractivity contribution is 0.551. The molecule has 62 valence electrons. The van der Waals surface area contributed by atoms with Crippen LogP contribution in [0.4, 0.5) is 0 Å². The van der Waals surface area contributed by atoms with E-state index >= 15 is 0 Å². The van der Waals surface area contributed by atoms with Gasteiger partial charge in [-0.05, 0) is 19.1 Å². The number of hydrogen-bond acceptors (Lipinski definition) is 4. The van der Waals surface area contributed by atoms with E-state index in [2.05, 4.69) is 20.4 Å². The van der Waals surface area contributed by atoms with Crippen LogP contribution in [-0.4, -0.2) is 20.4 Å². The number of aryl methyl sites for hydroxylation is 1. The quantitative estimate of drug-likeness (QED) is 0.654. The van der Waals surface area contributed by atoms with Crippen molar-refractivity contribution in [2.75, 3.05) is 0 Å². The molecule has 0 aliphatic rings. The van der Waals surface area contributed by atoms with Crippen LogP contribution in [0.25, 0.3) is 11.5 Å². The maximum absolute atomic E-state index is 5.10. The average Bonchev–Trinajstić information content (AvgIpc) is 2.58. The van der Waals surface area contributed by atoms with Crippen molar-refractivity contribution in [2.24, 2.45) is 0 Å². The lowest BCUT2D eigenvalue weighted by Crippen LogP contribution is -1.78. The monoisotopic (exact) mass is 182 g/mol. The van der Waals surface area contributed by atoms with Crippen molar-refractivity contribution in [3.8, 4) is 11.5 Å². The number of aromatic amines is 2. The van der Waals surface area contributed by atoms with E-state index in [0.717, 1.165) is 11.3 Å². The largest absolute Gasteiger partial charge is 0.409 e. The lowest BCUT2D eigenvalue weighted by atomic mass is 10.3. The number of nitrogens with one attached hydrogen (secondary N) is 2. The Kier molecular flexibility index (Phi) is 1.54. The highest BCUT2D eigenvalue weighted by Gasteiger charge is 2.08. The number of aromatic nitrogens is 4. The number of rotatable bonds is 1. The van der Waals surface area contributed by atoms with Gasteiger partial charge in [-0.15, -0.1) is 5.10 Å². The van der Waals surface area contributed by atoms with Crippen LogP contribution >= 0.6 is 12.2 Å². The summed E-state index contributed by atoms with van der Waals surface area (Å²) in [6.07, 6.45) is 1.64. The normalized spacial score (nSPS) is 10.4. The van der Waals surface area contributed by atoms with Crippen LogP contribution in [0, 0.1) is 11.8 Å². The zero-order valence-corrected chi connectivity index (χ0v) is 7.10. The second kappa shape index (κ2) is 2.56. The standard InChI is InChI=1S/C6H6N4OS/c1-3-4(2-7-8-3)5-9-10-6(12)11-5/h2H,1H3,(H,7,8)(H,10,12). The molecule has 2 N–H and O–H groups in total. The fourth-order valence-corrected chi connectivity index (χ4v) is 1.04. The fraction of sp³-hybridized carbons (Fsp3) is 0.167.